The smallest absolute Gasteiger partial charge is 0.162 e. The molecule has 0 aliphatic carbocycles. The average Bonchev–Trinajstić information content (AvgIpc) is 3.70. The number of para-hydroxylation sites is 2. The van der Waals surface area contributed by atoms with E-state index in [-0.39, 0.29) is 5.92 Å². The molecule has 0 saturated carbocycles. The van der Waals surface area contributed by atoms with Gasteiger partial charge in [0, 0.05) is 38.4 Å². The van der Waals surface area contributed by atoms with Crippen molar-refractivity contribution in [1.29, 1.82) is 0 Å². The Kier molecular flexibility index (Phi) is 11.4. The molecule has 8 aromatic carbocycles. The van der Waals surface area contributed by atoms with Crippen LogP contribution >= 0.6 is 0 Å². The fourth-order valence-corrected chi connectivity index (χ4v) is 8.75. The van der Waals surface area contributed by atoms with Gasteiger partial charge in [0.05, 0.1) is 27.9 Å². The van der Waals surface area contributed by atoms with Crippen LogP contribution in [0.3, 0.4) is 0 Å². The van der Waals surface area contributed by atoms with Crippen molar-refractivity contribution >= 4 is 32.7 Å². The normalized spacial score (nSPS) is 11.7. The molecule has 0 aliphatic rings. The summed E-state index contributed by atoms with van der Waals surface area (Å²) in [6, 6.07) is 72.0. The number of nitrogens with zero attached hydrogens (tertiary/aromatic N) is 5. The molecule has 0 bridgehead atoms. The first-order valence-corrected chi connectivity index (χ1v) is 22.5. The van der Waals surface area contributed by atoms with E-state index in [1.165, 1.54) is 21.9 Å². The largest absolute Gasteiger partial charge is 0.293 e. The van der Waals surface area contributed by atoms with E-state index in [0.717, 1.165) is 90.3 Å². The summed E-state index contributed by atoms with van der Waals surface area (Å²) in [6.07, 6.45) is 0.959. The predicted octanol–water partition coefficient (Wildman–Crippen LogP) is 15.7. The van der Waals surface area contributed by atoms with Crippen molar-refractivity contribution in [1.82, 2.24) is 24.5 Å². The van der Waals surface area contributed by atoms with Gasteiger partial charge in [-0.15, -0.1) is 0 Å². The van der Waals surface area contributed by atoms with Crippen molar-refractivity contribution in [3.05, 3.63) is 223 Å². The summed E-state index contributed by atoms with van der Waals surface area (Å²) in [5, 5.41) is 3.34. The monoisotopic (exact) mass is 839 g/mol. The molecule has 11 aromatic rings. The zero-order chi connectivity index (χ0) is 44.3. The highest BCUT2D eigenvalue weighted by Gasteiger charge is 2.24. The molecule has 0 spiro atoms. The third kappa shape index (κ3) is 8.09. The van der Waals surface area contributed by atoms with E-state index >= 15 is 0 Å². The second-order valence-electron chi connectivity index (χ2n) is 16.7. The third-order valence-corrected chi connectivity index (χ3v) is 12.4. The molecule has 5 heteroatoms. The molecule has 0 amide bonds. The fraction of sp³-hybridized carbons (Fsp3) is 0.100. The lowest BCUT2D eigenvalue weighted by Gasteiger charge is -2.21. The van der Waals surface area contributed by atoms with Crippen LogP contribution in [0.15, 0.2) is 206 Å². The second kappa shape index (κ2) is 18.0. The maximum Gasteiger partial charge on any atom is 0.162 e. The number of fused-ring (bicyclic) bond motifs is 4. The van der Waals surface area contributed by atoms with E-state index < -0.39 is 0 Å². The lowest BCUT2D eigenvalue weighted by Crippen LogP contribution is -2.07. The Morgan fingerprint density at radius 2 is 0.985 bits per heavy atom. The molecule has 3 heterocycles. The van der Waals surface area contributed by atoms with Gasteiger partial charge in [-0.3, -0.25) is 4.57 Å². The van der Waals surface area contributed by atoms with E-state index in [0.29, 0.717) is 5.82 Å². The highest BCUT2D eigenvalue weighted by Crippen LogP contribution is 2.42. The molecule has 1 atom stereocenters. The summed E-state index contributed by atoms with van der Waals surface area (Å²) in [4.78, 5) is 21.0. The first kappa shape index (κ1) is 41.0. The lowest BCUT2D eigenvalue weighted by atomic mass is 9.87. The van der Waals surface area contributed by atoms with Crippen LogP contribution < -0.4 is 0 Å². The maximum atomic E-state index is 5.35. The lowest BCUT2D eigenvalue weighted by molar-refractivity contribution is 0.708. The SMILES string of the molecule is CCC(C)c1nc(-c2ccccc2)nc(-c2ccccc2)c1-c1cc(-c2ccc3c(c2)c2ccccc2n3-c2nc(-c3ccccc3)nc3ccccc23)ccc1C.Cc1ccccc1. The minimum absolute atomic E-state index is 0.216. The van der Waals surface area contributed by atoms with Crippen LogP contribution in [0.4, 0.5) is 0 Å². The molecule has 0 radical (unpaired) electrons. The number of rotatable bonds is 8. The van der Waals surface area contributed by atoms with Gasteiger partial charge >= 0.3 is 0 Å². The molecule has 0 fully saturated rings. The standard InChI is InChI=1S/C53H41N5.C7H8/c1-4-34(2)49-48(50(36-18-8-5-9-19-36)56-52(55-49)38-22-12-7-13-23-38)43-32-39(29-28-35(43)3)40-30-31-47-44(33-40)41-24-15-17-27-46(41)58(47)53-42-25-14-16-26-45(42)54-51(57-53)37-20-10-6-11-21-37;1-7-5-3-2-4-6-7/h5-34H,4H2,1-3H3;2-6H,1H3. The predicted molar refractivity (Wildman–Crippen MR) is 271 cm³/mol. The van der Waals surface area contributed by atoms with Crippen LogP contribution in [-0.2, 0) is 0 Å². The minimum Gasteiger partial charge on any atom is -0.293 e. The first-order chi connectivity index (χ1) is 31.9. The van der Waals surface area contributed by atoms with Crippen molar-refractivity contribution in [2.24, 2.45) is 0 Å². The highest BCUT2D eigenvalue weighted by atomic mass is 15.1. The Hall–Kier alpha value is -8.02. The molecule has 11 rings (SSSR count). The Morgan fingerprint density at radius 1 is 0.446 bits per heavy atom. The van der Waals surface area contributed by atoms with Gasteiger partial charge in [-0.25, -0.2) is 19.9 Å². The van der Waals surface area contributed by atoms with Gasteiger partial charge in [-0.05, 0) is 84.8 Å². The Balaban J connectivity index is 0.000000652. The minimum atomic E-state index is 0.216. The molecule has 0 N–H and O–H groups in total. The summed E-state index contributed by atoms with van der Waals surface area (Å²) >= 11 is 0. The van der Waals surface area contributed by atoms with E-state index in [9.17, 15) is 0 Å². The van der Waals surface area contributed by atoms with Gasteiger partial charge < -0.3 is 0 Å². The molecule has 5 nitrogen and oxygen atoms in total. The molecule has 3 aromatic heterocycles. The van der Waals surface area contributed by atoms with Gasteiger partial charge in [0.1, 0.15) is 5.82 Å². The van der Waals surface area contributed by atoms with Crippen LogP contribution in [0, 0.1) is 13.8 Å². The Morgan fingerprint density at radius 3 is 1.63 bits per heavy atom. The van der Waals surface area contributed by atoms with Gasteiger partial charge in [-0.1, -0.05) is 189 Å². The average molecular weight is 840 g/mol. The molecule has 314 valence electrons. The molecular formula is C60H49N5. The fourth-order valence-electron chi connectivity index (χ4n) is 8.75. The molecular weight excluding hydrogens is 791 g/mol. The summed E-state index contributed by atoms with van der Waals surface area (Å²) < 4.78 is 2.31. The van der Waals surface area contributed by atoms with Crippen molar-refractivity contribution < 1.29 is 0 Å². The Bertz CT molecular complexity index is 3430. The van der Waals surface area contributed by atoms with E-state index in [4.69, 9.17) is 19.9 Å². The van der Waals surface area contributed by atoms with Gasteiger partial charge in [0.2, 0.25) is 0 Å². The van der Waals surface area contributed by atoms with Crippen molar-refractivity contribution in [2.45, 2.75) is 40.0 Å². The summed E-state index contributed by atoms with van der Waals surface area (Å²) in [7, 11) is 0. The number of aryl methyl sites for hydroxylation is 2. The van der Waals surface area contributed by atoms with Gasteiger partial charge in [0.15, 0.2) is 11.6 Å². The Labute approximate surface area is 380 Å². The number of hydrogen-bond acceptors (Lipinski definition) is 4. The van der Waals surface area contributed by atoms with E-state index in [2.05, 4.69) is 190 Å². The summed E-state index contributed by atoms with van der Waals surface area (Å²) in [5.41, 5.74) is 15.2. The topological polar surface area (TPSA) is 56.5 Å². The van der Waals surface area contributed by atoms with E-state index in [1.54, 1.807) is 0 Å². The van der Waals surface area contributed by atoms with Crippen LogP contribution in [0.5, 0.6) is 0 Å². The highest BCUT2D eigenvalue weighted by molar-refractivity contribution is 6.11. The zero-order valence-electron chi connectivity index (χ0n) is 37.2. The van der Waals surface area contributed by atoms with Crippen LogP contribution in [0.2, 0.25) is 0 Å². The molecule has 0 saturated heterocycles. The van der Waals surface area contributed by atoms with Crippen molar-refractivity contribution in [2.75, 3.05) is 0 Å². The molecule has 65 heavy (non-hydrogen) atoms. The summed E-state index contributed by atoms with van der Waals surface area (Å²) in [6.45, 7) is 8.80. The molecule has 1 unspecified atom stereocenters. The maximum absolute atomic E-state index is 5.35. The number of benzene rings is 8. The number of aromatic nitrogens is 5. The van der Waals surface area contributed by atoms with Crippen molar-refractivity contribution in [3.8, 4) is 62.1 Å². The third-order valence-electron chi connectivity index (χ3n) is 12.4. The molecule has 0 aliphatic heterocycles. The van der Waals surface area contributed by atoms with Crippen molar-refractivity contribution in [3.63, 3.8) is 0 Å². The van der Waals surface area contributed by atoms with Crippen LogP contribution in [0.1, 0.15) is 43.0 Å². The van der Waals surface area contributed by atoms with Gasteiger partial charge in [0.25, 0.3) is 0 Å². The van der Waals surface area contributed by atoms with E-state index in [1.807, 2.05) is 48.5 Å². The second-order valence-corrected chi connectivity index (χ2v) is 16.7. The van der Waals surface area contributed by atoms with Crippen LogP contribution in [0.25, 0.3) is 94.8 Å². The van der Waals surface area contributed by atoms with Gasteiger partial charge in [-0.2, -0.15) is 0 Å². The quantitative estimate of drug-likeness (QED) is 0.153. The zero-order valence-corrected chi connectivity index (χ0v) is 37.2. The summed E-state index contributed by atoms with van der Waals surface area (Å²) in [5.74, 6) is 2.54. The number of hydrogen-bond donors (Lipinski definition) is 0. The first-order valence-electron chi connectivity index (χ1n) is 22.5. The van der Waals surface area contributed by atoms with Crippen LogP contribution in [-0.4, -0.2) is 24.5 Å².